The highest BCUT2D eigenvalue weighted by molar-refractivity contribution is 7.99. The first-order valence-corrected chi connectivity index (χ1v) is 7.10. The van der Waals surface area contributed by atoms with Gasteiger partial charge >= 0.3 is 0 Å². The molecule has 5 heteroatoms. The first kappa shape index (κ1) is 12.3. The number of aromatic amines is 1. The zero-order valence-electron chi connectivity index (χ0n) is 10.4. The van der Waals surface area contributed by atoms with Crippen molar-refractivity contribution in [2.45, 2.75) is 35.5 Å². The van der Waals surface area contributed by atoms with Crippen molar-refractivity contribution in [1.82, 2.24) is 15.3 Å². The Hall–Kier alpha value is -1.77. The van der Waals surface area contributed by atoms with E-state index in [0.29, 0.717) is 11.6 Å². The largest absolute Gasteiger partial charge is 0.339 e. The number of nitrogens with zero attached hydrogens (tertiary/aromatic N) is 2. The van der Waals surface area contributed by atoms with Gasteiger partial charge in [0.2, 0.25) is 0 Å². The van der Waals surface area contributed by atoms with Gasteiger partial charge in [-0.05, 0) is 30.5 Å². The van der Waals surface area contributed by atoms with Crippen LogP contribution in [0.2, 0.25) is 0 Å². The number of nitriles is 1. The summed E-state index contributed by atoms with van der Waals surface area (Å²) in [6, 6.07) is 8.97. The minimum Gasteiger partial charge on any atom is -0.339 e. The molecule has 2 aromatic rings. The second-order valence-corrected chi connectivity index (χ2v) is 5.62. The van der Waals surface area contributed by atoms with Gasteiger partial charge in [0.15, 0.2) is 5.16 Å². The summed E-state index contributed by atoms with van der Waals surface area (Å²) in [7, 11) is 0. The van der Waals surface area contributed by atoms with E-state index in [-0.39, 0.29) is 0 Å². The third kappa shape index (κ3) is 3.16. The number of benzene rings is 1. The van der Waals surface area contributed by atoms with Gasteiger partial charge in [-0.25, -0.2) is 4.98 Å². The Bertz CT molecular complexity index is 596. The molecule has 2 N–H and O–H groups in total. The summed E-state index contributed by atoms with van der Waals surface area (Å²) >= 11 is 1.48. The van der Waals surface area contributed by atoms with Crippen molar-refractivity contribution in [2.24, 2.45) is 0 Å². The Kier molecular flexibility index (Phi) is 3.53. The molecule has 1 aliphatic carbocycles. The number of H-pyrrole nitrogens is 1. The fraction of sp³-hybridized carbons (Fsp3) is 0.286. The van der Waals surface area contributed by atoms with Crippen LogP contribution < -0.4 is 5.32 Å². The highest BCUT2D eigenvalue weighted by Crippen LogP contribution is 2.28. The first-order valence-electron chi connectivity index (χ1n) is 6.29. The molecule has 96 valence electrons. The van der Waals surface area contributed by atoms with E-state index in [2.05, 4.69) is 27.4 Å². The lowest BCUT2D eigenvalue weighted by molar-refractivity contribution is 0.687. The van der Waals surface area contributed by atoms with Crippen molar-refractivity contribution >= 4 is 11.8 Å². The summed E-state index contributed by atoms with van der Waals surface area (Å²) in [5.41, 5.74) is 1.86. The standard InChI is InChI=1S/C14H14N4S/c15-8-11-7-10(9-18-12-2-3-12)1-4-13(11)19-14-16-5-6-17-14/h1,4-7,12,18H,2-3,9H2,(H,16,17). The number of hydrogen-bond acceptors (Lipinski definition) is 4. The predicted octanol–water partition coefficient (Wildman–Crippen LogP) is 2.68. The summed E-state index contributed by atoms with van der Waals surface area (Å²) in [5, 5.41) is 13.5. The van der Waals surface area contributed by atoms with Crippen LogP contribution in [-0.2, 0) is 6.54 Å². The molecule has 19 heavy (non-hydrogen) atoms. The second-order valence-electron chi connectivity index (χ2n) is 4.59. The fourth-order valence-electron chi connectivity index (χ4n) is 1.82. The van der Waals surface area contributed by atoms with E-state index in [1.165, 1.54) is 24.6 Å². The maximum absolute atomic E-state index is 9.25. The summed E-state index contributed by atoms with van der Waals surface area (Å²) in [6.07, 6.45) is 6.04. The molecule has 0 radical (unpaired) electrons. The molecule has 0 saturated heterocycles. The molecule has 0 aliphatic heterocycles. The Labute approximate surface area is 116 Å². The smallest absolute Gasteiger partial charge is 0.170 e. The lowest BCUT2D eigenvalue weighted by atomic mass is 10.1. The Morgan fingerprint density at radius 3 is 3.05 bits per heavy atom. The van der Waals surface area contributed by atoms with Crippen LogP contribution in [0.5, 0.6) is 0 Å². The van der Waals surface area contributed by atoms with Crippen LogP contribution in [0.15, 0.2) is 40.6 Å². The number of hydrogen-bond donors (Lipinski definition) is 2. The molecule has 1 aromatic heterocycles. The van der Waals surface area contributed by atoms with Crippen LogP contribution >= 0.6 is 11.8 Å². The van der Waals surface area contributed by atoms with E-state index in [1.54, 1.807) is 12.4 Å². The van der Waals surface area contributed by atoms with Gasteiger partial charge in [0.25, 0.3) is 0 Å². The predicted molar refractivity (Wildman–Crippen MR) is 73.7 cm³/mol. The van der Waals surface area contributed by atoms with Gasteiger partial charge in [-0.1, -0.05) is 17.8 Å². The average Bonchev–Trinajstić information content (AvgIpc) is 3.13. The number of nitrogens with one attached hydrogen (secondary N) is 2. The molecule has 4 nitrogen and oxygen atoms in total. The monoisotopic (exact) mass is 270 g/mol. The molecule has 0 amide bonds. The molecular weight excluding hydrogens is 256 g/mol. The van der Waals surface area contributed by atoms with E-state index < -0.39 is 0 Å². The fourth-order valence-corrected chi connectivity index (χ4v) is 2.62. The molecule has 1 aromatic carbocycles. The summed E-state index contributed by atoms with van der Waals surface area (Å²) < 4.78 is 0. The minimum atomic E-state index is 0.683. The van der Waals surface area contributed by atoms with Gasteiger partial charge in [-0.2, -0.15) is 5.26 Å². The number of imidazole rings is 1. The van der Waals surface area contributed by atoms with Crippen molar-refractivity contribution in [3.63, 3.8) is 0 Å². The van der Waals surface area contributed by atoms with E-state index in [4.69, 9.17) is 0 Å². The molecule has 1 aliphatic rings. The van der Waals surface area contributed by atoms with E-state index in [1.807, 2.05) is 12.1 Å². The van der Waals surface area contributed by atoms with Crippen molar-refractivity contribution in [1.29, 1.82) is 5.26 Å². The molecule has 0 spiro atoms. The Balaban J connectivity index is 1.74. The van der Waals surface area contributed by atoms with Crippen molar-refractivity contribution < 1.29 is 0 Å². The van der Waals surface area contributed by atoms with Gasteiger partial charge in [0.05, 0.1) is 5.56 Å². The highest BCUT2D eigenvalue weighted by Gasteiger charge is 2.20. The van der Waals surface area contributed by atoms with Gasteiger partial charge < -0.3 is 10.3 Å². The highest BCUT2D eigenvalue weighted by atomic mass is 32.2. The SMILES string of the molecule is N#Cc1cc(CNC2CC2)ccc1Sc1ncc[nH]1. The zero-order valence-corrected chi connectivity index (χ0v) is 11.2. The van der Waals surface area contributed by atoms with Crippen LogP contribution in [0.3, 0.4) is 0 Å². The molecule has 1 saturated carbocycles. The van der Waals surface area contributed by atoms with Crippen LogP contribution in [0.4, 0.5) is 0 Å². The molecule has 0 atom stereocenters. The summed E-state index contributed by atoms with van der Waals surface area (Å²) in [4.78, 5) is 8.13. The van der Waals surface area contributed by atoms with Crippen LogP contribution in [-0.4, -0.2) is 16.0 Å². The van der Waals surface area contributed by atoms with Gasteiger partial charge in [-0.15, -0.1) is 0 Å². The lowest BCUT2D eigenvalue weighted by Crippen LogP contribution is -2.15. The number of aromatic nitrogens is 2. The molecule has 0 unspecified atom stereocenters. The normalized spacial score (nSPS) is 14.3. The van der Waals surface area contributed by atoms with Crippen molar-refractivity contribution in [3.05, 3.63) is 41.7 Å². The average molecular weight is 270 g/mol. The van der Waals surface area contributed by atoms with Gasteiger partial charge in [-0.3, -0.25) is 0 Å². The maximum Gasteiger partial charge on any atom is 0.170 e. The summed E-state index contributed by atoms with van der Waals surface area (Å²) in [6.45, 7) is 0.838. The third-order valence-corrected chi connectivity index (χ3v) is 4.01. The summed E-state index contributed by atoms with van der Waals surface area (Å²) in [5.74, 6) is 0. The maximum atomic E-state index is 9.25. The number of rotatable bonds is 5. The lowest BCUT2D eigenvalue weighted by Gasteiger charge is -2.06. The molecule has 0 bridgehead atoms. The van der Waals surface area contributed by atoms with Crippen LogP contribution in [0, 0.1) is 11.3 Å². The Morgan fingerprint density at radius 2 is 2.37 bits per heavy atom. The van der Waals surface area contributed by atoms with Crippen molar-refractivity contribution in [2.75, 3.05) is 0 Å². The van der Waals surface area contributed by atoms with Crippen LogP contribution in [0.1, 0.15) is 24.0 Å². The topological polar surface area (TPSA) is 64.5 Å². The quantitative estimate of drug-likeness (QED) is 0.876. The van der Waals surface area contributed by atoms with Crippen LogP contribution in [0.25, 0.3) is 0 Å². The zero-order chi connectivity index (χ0) is 13.1. The van der Waals surface area contributed by atoms with Gasteiger partial charge in [0, 0.05) is 29.9 Å². The van der Waals surface area contributed by atoms with E-state index >= 15 is 0 Å². The van der Waals surface area contributed by atoms with E-state index in [0.717, 1.165) is 22.2 Å². The molecule has 3 rings (SSSR count). The third-order valence-electron chi connectivity index (χ3n) is 3.02. The van der Waals surface area contributed by atoms with Crippen molar-refractivity contribution in [3.8, 4) is 6.07 Å². The molecular formula is C14H14N4S. The van der Waals surface area contributed by atoms with E-state index in [9.17, 15) is 5.26 Å². The molecule has 1 fully saturated rings. The first-order chi connectivity index (χ1) is 9.35. The van der Waals surface area contributed by atoms with Gasteiger partial charge in [0.1, 0.15) is 6.07 Å². The molecule has 1 heterocycles. The minimum absolute atomic E-state index is 0.683. The second kappa shape index (κ2) is 5.47. The Morgan fingerprint density at radius 1 is 1.47 bits per heavy atom.